The Hall–Kier alpha value is -0.220. The van der Waals surface area contributed by atoms with E-state index in [0.29, 0.717) is 13.0 Å². The Bertz CT molecular complexity index is 188. The molecule has 0 aromatic carbocycles. The second kappa shape index (κ2) is 12.2. The highest BCUT2D eigenvalue weighted by molar-refractivity contribution is 7.98. The van der Waals surface area contributed by atoms with Crippen molar-refractivity contribution < 1.29 is 9.53 Å². The van der Waals surface area contributed by atoms with E-state index in [-0.39, 0.29) is 5.97 Å². The van der Waals surface area contributed by atoms with E-state index >= 15 is 0 Å². The van der Waals surface area contributed by atoms with Gasteiger partial charge in [-0.1, -0.05) is 13.3 Å². The molecule has 0 aliphatic rings. The highest BCUT2D eigenvalue weighted by atomic mass is 32.2. The Labute approximate surface area is 110 Å². The number of rotatable bonds is 11. The number of hydrogen-bond acceptors (Lipinski definition) is 4. The number of hydrogen-bond donors (Lipinski definition) is 1. The smallest absolute Gasteiger partial charge is 0.305 e. The number of esters is 1. The van der Waals surface area contributed by atoms with E-state index in [1.807, 2.05) is 18.7 Å². The van der Waals surface area contributed by atoms with Crippen molar-refractivity contribution in [2.45, 2.75) is 39.5 Å². The number of carbonyl (C=O) groups is 1. The molecule has 0 saturated heterocycles. The molecule has 4 heteroatoms. The quantitative estimate of drug-likeness (QED) is 0.458. The van der Waals surface area contributed by atoms with Gasteiger partial charge in [0.1, 0.15) is 0 Å². The van der Waals surface area contributed by atoms with Gasteiger partial charge in [0.05, 0.1) is 6.61 Å². The summed E-state index contributed by atoms with van der Waals surface area (Å²) in [4.78, 5) is 11.1. The second-order valence-electron chi connectivity index (χ2n) is 4.38. The SMILES string of the molecule is CCOC(=O)CCCCCNCC(C)CSC. The Morgan fingerprint density at radius 3 is 2.76 bits per heavy atom. The van der Waals surface area contributed by atoms with Crippen LogP contribution >= 0.6 is 11.8 Å². The topological polar surface area (TPSA) is 38.3 Å². The summed E-state index contributed by atoms with van der Waals surface area (Å²) in [5, 5.41) is 3.45. The minimum Gasteiger partial charge on any atom is -0.466 e. The zero-order valence-electron chi connectivity index (χ0n) is 11.5. The van der Waals surface area contributed by atoms with Crippen LogP contribution in [0, 0.1) is 5.92 Å². The summed E-state index contributed by atoms with van der Waals surface area (Å²) in [6.07, 6.45) is 5.90. The van der Waals surface area contributed by atoms with Gasteiger partial charge in [-0.2, -0.15) is 11.8 Å². The average Bonchev–Trinajstić information content (AvgIpc) is 2.28. The van der Waals surface area contributed by atoms with Gasteiger partial charge in [0.15, 0.2) is 0 Å². The molecule has 0 rings (SSSR count). The predicted octanol–water partition coefficient (Wildman–Crippen LogP) is 2.70. The van der Waals surface area contributed by atoms with Crippen LogP contribution in [0.3, 0.4) is 0 Å². The van der Waals surface area contributed by atoms with Crippen molar-refractivity contribution in [3.8, 4) is 0 Å². The third-order valence-corrected chi connectivity index (χ3v) is 3.39. The lowest BCUT2D eigenvalue weighted by atomic mass is 10.2. The van der Waals surface area contributed by atoms with Crippen LogP contribution in [0.25, 0.3) is 0 Å². The molecular weight excluding hydrogens is 234 g/mol. The lowest BCUT2D eigenvalue weighted by Gasteiger charge is -2.10. The third-order valence-electron chi connectivity index (χ3n) is 2.48. The Morgan fingerprint density at radius 2 is 2.12 bits per heavy atom. The van der Waals surface area contributed by atoms with Crippen molar-refractivity contribution in [3.63, 3.8) is 0 Å². The minimum absolute atomic E-state index is 0.0611. The van der Waals surface area contributed by atoms with Crippen LogP contribution in [0.1, 0.15) is 39.5 Å². The summed E-state index contributed by atoms with van der Waals surface area (Å²) < 4.78 is 4.87. The fraction of sp³-hybridized carbons (Fsp3) is 0.923. The minimum atomic E-state index is -0.0611. The monoisotopic (exact) mass is 261 g/mol. The molecule has 0 radical (unpaired) electrons. The summed E-state index contributed by atoms with van der Waals surface area (Å²) >= 11 is 1.90. The first kappa shape index (κ1) is 16.8. The molecule has 1 atom stereocenters. The molecular formula is C13H27NO2S. The number of unbranched alkanes of at least 4 members (excludes halogenated alkanes) is 2. The van der Waals surface area contributed by atoms with Crippen molar-refractivity contribution >= 4 is 17.7 Å². The van der Waals surface area contributed by atoms with Crippen LogP contribution in [0.2, 0.25) is 0 Å². The molecule has 17 heavy (non-hydrogen) atoms. The van der Waals surface area contributed by atoms with Crippen molar-refractivity contribution in [3.05, 3.63) is 0 Å². The van der Waals surface area contributed by atoms with Gasteiger partial charge in [-0.3, -0.25) is 4.79 Å². The zero-order valence-corrected chi connectivity index (χ0v) is 12.3. The molecule has 0 heterocycles. The van der Waals surface area contributed by atoms with Gasteiger partial charge in [-0.05, 0) is 50.8 Å². The number of carbonyl (C=O) groups excluding carboxylic acids is 1. The number of nitrogens with one attached hydrogen (secondary N) is 1. The maximum absolute atomic E-state index is 11.1. The molecule has 0 aliphatic heterocycles. The van der Waals surface area contributed by atoms with E-state index in [0.717, 1.165) is 38.3 Å². The first-order chi connectivity index (χ1) is 8.20. The lowest BCUT2D eigenvalue weighted by Crippen LogP contribution is -2.23. The number of ether oxygens (including phenoxy) is 1. The fourth-order valence-corrected chi connectivity index (χ4v) is 2.31. The van der Waals surface area contributed by atoms with Gasteiger partial charge >= 0.3 is 5.97 Å². The maximum Gasteiger partial charge on any atom is 0.305 e. The Balaban J connectivity index is 3.16. The van der Waals surface area contributed by atoms with Crippen LogP contribution in [-0.2, 0) is 9.53 Å². The van der Waals surface area contributed by atoms with Crippen LogP contribution < -0.4 is 5.32 Å². The van der Waals surface area contributed by atoms with E-state index in [2.05, 4.69) is 18.5 Å². The van der Waals surface area contributed by atoms with E-state index in [4.69, 9.17) is 4.74 Å². The van der Waals surface area contributed by atoms with Gasteiger partial charge in [-0.15, -0.1) is 0 Å². The summed E-state index contributed by atoms with van der Waals surface area (Å²) in [7, 11) is 0. The molecule has 1 N–H and O–H groups in total. The summed E-state index contributed by atoms with van der Waals surface area (Å²) in [6.45, 7) is 6.76. The standard InChI is InChI=1S/C13H27NO2S/c1-4-16-13(15)8-6-5-7-9-14-10-12(2)11-17-3/h12,14H,4-11H2,1-3H3. The molecule has 0 fully saturated rings. The highest BCUT2D eigenvalue weighted by Gasteiger charge is 2.01. The fourth-order valence-electron chi connectivity index (χ4n) is 1.62. The van der Waals surface area contributed by atoms with Crippen LogP contribution in [0.4, 0.5) is 0 Å². The van der Waals surface area contributed by atoms with E-state index < -0.39 is 0 Å². The molecule has 0 bridgehead atoms. The van der Waals surface area contributed by atoms with Gasteiger partial charge in [0.25, 0.3) is 0 Å². The van der Waals surface area contributed by atoms with E-state index in [1.54, 1.807) is 0 Å². The van der Waals surface area contributed by atoms with Crippen LogP contribution in [0.15, 0.2) is 0 Å². The average molecular weight is 261 g/mol. The van der Waals surface area contributed by atoms with E-state index in [1.165, 1.54) is 5.75 Å². The highest BCUT2D eigenvalue weighted by Crippen LogP contribution is 2.03. The summed E-state index contributed by atoms with van der Waals surface area (Å²) in [6, 6.07) is 0. The largest absolute Gasteiger partial charge is 0.466 e. The second-order valence-corrected chi connectivity index (χ2v) is 5.29. The first-order valence-electron chi connectivity index (χ1n) is 6.56. The molecule has 102 valence electrons. The van der Waals surface area contributed by atoms with Crippen molar-refractivity contribution in [2.24, 2.45) is 5.92 Å². The number of thioether (sulfide) groups is 1. The van der Waals surface area contributed by atoms with Crippen molar-refractivity contribution in [1.29, 1.82) is 0 Å². The molecule has 0 amide bonds. The third kappa shape index (κ3) is 12.0. The van der Waals surface area contributed by atoms with Gasteiger partial charge in [-0.25, -0.2) is 0 Å². The molecule has 1 unspecified atom stereocenters. The maximum atomic E-state index is 11.1. The molecule has 0 aromatic heterocycles. The van der Waals surface area contributed by atoms with Gasteiger partial charge in [0.2, 0.25) is 0 Å². The lowest BCUT2D eigenvalue weighted by molar-refractivity contribution is -0.143. The van der Waals surface area contributed by atoms with E-state index in [9.17, 15) is 4.79 Å². The van der Waals surface area contributed by atoms with Gasteiger partial charge in [0, 0.05) is 6.42 Å². The molecule has 0 aliphatic carbocycles. The molecule has 0 aromatic rings. The summed E-state index contributed by atoms with van der Waals surface area (Å²) in [5.41, 5.74) is 0. The molecule has 3 nitrogen and oxygen atoms in total. The predicted molar refractivity (Wildman–Crippen MR) is 75.5 cm³/mol. The van der Waals surface area contributed by atoms with Crippen LogP contribution in [0.5, 0.6) is 0 Å². The Morgan fingerprint density at radius 1 is 1.35 bits per heavy atom. The summed E-state index contributed by atoms with van der Waals surface area (Å²) in [5.74, 6) is 1.90. The van der Waals surface area contributed by atoms with Crippen molar-refractivity contribution in [2.75, 3.05) is 31.7 Å². The zero-order chi connectivity index (χ0) is 12.9. The molecule has 0 saturated carbocycles. The Kier molecular flexibility index (Phi) is 12.1. The van der Waals surface area contributed by atoms with Gasteiger partial charge < -0.3 is 10.1 Å². The van der Waals surface area contributed by atoms with Crippen LogP contribution in [-0.4, -0.2) is 37.7 Å². The normalized spacial score (nSPS) is 12.4. The van der Waals surface area contributed by atoms with Crippen molar-refractivity contribution in [1.82, 2.24) is 5.32 Å². The molecule has 0 spiro atoms. The first-order valence-corrected chi connectivity index (χ1v) is 7.95.